The highest BCUT2D eigenvalue weighted by Crippen LogP contribution is 1.92. The monoisotopic (exact) mass is 271 g/mol. The molecule has 3 rings (SSSR count). The molecule has 0 unspecified atom stereocenters. The summed E-state index contributed by atoms with van der Waals surface area (Å²) in [5.41, 5.74) is 2.68. The Labute approximate surface area is 120 Å². The van der Waals surface area contributed by atoms with Gasteiger partial charge in [-0.1, -0.05) is 6.07 Å². The molecule has 104 valence electrons. The van der Waals surface area contributed by atoms with Gasteiger partial charge in [0.25, 0.3) is 0 Å². The van der Waals surface area contributed by atoms with Gasteiger partial charge in [0.1, 0.15) is 32.7 Å². The van der Waals surface area contributed by atoms with Crippen LogP contribution in [0.5, 0.6) is 0 Å². The molecule has 20 heavy (non-hydrogen) atoms. The van der Waals surface area contributed by atoms with Crippen LogP contribution in [0.3, 0.4) is 0 Å². The predicted molar refractivity (Wildman–Crippen MR) is 76.0 cm³/mol. The van der Waals surface area contributed by atoms with Crippen molar-refractivity contribution in [3.63, 3.8) is 0 Å². The van der Waals surface area contributed by atoms with Crippen LogP contribution in [-0.4, -0.2) is 31.2 Å². The average molecular weight is 271 g/mol. The second-order valence-electron chi connectivity index (χ2n) is 5.60. The number of nitrogens with one attached hydrogen (secondary N) is 3. The van der Waals surface area contributed by atoms with E-state index in [0.717, 1.165) is 13.1 Å². The molecule has 1 fully saturated rings. The first-order valence-electron chi connectivity index (χ1n) is 7.42. The number of aromatic nitrogens is 2. The maximum absolute atomic E-state index is 4.20. The lowest BCUT2D eigenvalue weighted by Gasteiger charge is -2.28. The van der Waals surface area contributed by atoms with Crippen LogP contribution in [0.25, 0.3) is 0 Å². The molecule has 0 amide bonds. The fourth-order valence-electron chi connectivity index (χ4n) is 2.91. The Balaban J connectivity index is 1.47. The van der Waals surface area contributed by atoms with Crippen LogP contribution in [0.4, 0.5) is 0 Å². The fraction of sp³-hybridized carbons (Fsp3) is 0.375. The van der Waals surface area contributed by atoms with Gasteiger partial charge >= 0.3 is 0 Å². The predicted octanol–water partition coefficient (Wildman–Crippen LogP) is -1.62. The highest BCUT2D eigenvalue weighted by atomic mass is 15.3. The van der Waals surface area contributed by atoms with E-state index in [9.17, 15) is 0 Å². The number of hydrogen-bond acceptors (Lipinski definition) is 1. The summed E-state index contributed by atoms with van der Waals surface area (Å²) < 4.78 is 0. The van der Waals surface area contributed by atoms with Crippen LogP contribution in [0, 0.1) is 0 Å². The Morgan fingerprint density at radius 2 is 1.75 bits per heavy atom. The van der Waals surface area contributed by atoms with Gasteiger partial charge in [-0.05, 0) is 12.1 Å². The van der Waals surface area contributed by atoms with E-state index in [1.165, 1.54) is 37.4 Å². The Kier molecular flexibility index (Phi) is 4.35. The van der Waals surface area contributed by atoms with Gasteiger partial charge in [-0.2, -0.15) is 0 Å². The average Bonchev–Trinajstić information content (AvgIpc) is 2.51. The van der Waals surface area contributed by atoms with Gasteiger partial charge in [-0.3, -0.25) is 4.98 Å². The first kappa shape index (κ1) is 13.2. The molecule has 0 saturated carbocycles. The summed E-state index contributed by atoms with van der Waals surface area (Å²) in [7, 11) is 0. The molecule has 0 spiro atoms. The van der Waals surface area contributed by atoms with Gasteiger partial charge in [0.15, 0.2) is 12.7 Å². The minimum absolute atomic E-state index is 1.11. The van der Waals surface area contributed by atoms with Crippen LogP contribution < -0.4 is 14.8 Å². The van der Waals surface area contributed by atoms with Crippen molar-refractivity contribution in [1.29, 1.82) is 0 Å². The lowest BCUT2D eigenvalue weighted by atomic mass is 10.2. The summed E-state index contributed by atoms with van der Waals surface area (Å²) in [6, 6.07) is 10.5. The van der Waals surface area contributed by atoms with Crippen molar-refractivity contribution in [2.45, 2.75) is 13.1 Å². The molecule has 4 nitrogen and oxygen atoms in total. The van der Waals surface area contributed by atoms with Gasteiger partial charge in [0, 0.05) is 30.1 Å². The zero-order valence-electron chi connectivity index (χ0n) is 11.8. The van der Waals surface area contributed by atoms with Crippen LogP contribution in [0.2, 0.25) is 0 Å². The third kappa shape index (κ3) is 3.62. The largest absolute Gasteiger partial charge is 0.322 e. The summed E-state index contributed by atoms with van der Waals surface area (Å²) in [4.78, 5) is 10.9. The molecule has 1 aliphatic heterocycles. The summed E-state index contributed by atoms with van der Waals surface area (Å²) in [6.07, 6.45) is 5.85. The van der Waals surface area contributed by atoms with Crippen molar-refractivity contribution in [1.82, 2.24) is 4.98 Å². The standard InChI is InChI=1S/C16H20N4/c1-2-7-18-16(5-1)14-20-10-8-19(9-11-20)13-15-4-3-6-17-12-15/h1-7,12H,8-11,13-14H2/p+3. The number of quaternary nitrogens is 2. The third-order valence-electron chi connectivity index (χ3n) is 4.06. The van der Waals surface area contributed by atoms with Crippen molar-refractivity contribution >= 4 is 0 Å². The molecule has 1 saturated heterocycles. The quantitative estimate of drug-likeness (QED) is 0.689. The zero-order chi connectivity index (χ0) is 13.6. The molecule has 0 radical (unpaired) electrons. The van der Waals surface area contributed by atoms with E-state index in [2.05, 4.69) is 28.2 Å². The first-order chi connectivity index (χ1) is 9.90. The normalized spacial score (nSPS) is 22.6. The van der Waals surface area contributed by atoms with E-state index >= 15 is 0 Å². The number of nitrogens with zero attached hydrogens (tertiary/aromatic N) is 1. The highest BCUT2D eigenvalue weighted by Gasteiger charge is 2.24. The van der Waals surface area contributed by atoms with Crippen molar-refractivity contribution in [2.75, 3.05) is 26.2 Å². The summed E-state index contributed by atoms with van der Waals surface area (Å²) in [5, 5.41) is 0. The number of aromatic amines is 1. The molecular weight excluding hydrogens is 248 g/mol. The molecule has 0 atom stereocenters. The molecule has 0 aromatic carbocycles. The van der Waals surface area contributed by atoms with E-state index in [0.29, 0.717) is 0 Å². The van der Waals surface area contributed by atoms with Gasteiger partial charge in [0.2, 0.25) is 5.69 Å². The zero-order valence-corrected chi connectivity index (χ0v) is 11.8. The van der Waals surface area contributed by atoms with Gasteiger partial charge in [-0.25, -0.2) is 4.98 Å². The molecule has 2 aromatic heterocycles. The molecule has 3 N–H and O–H groups in total. The molecule has 2 aromatic rings. The van der Waals surface area contributed by atoms with Gasteiger partial charge < -0.3 is 9.80 Å². The van der Waals surface area contributed by atoms with E-state index < -0.39 is 0 Å². The Morgan fingerprint density at radius 3 is 2.40 bits per heavy atom. The topological polar surface area (TPSA) is 35.9 Å². The third-order valence-corrected chi connectivity index (χ3v) is 4.06. The molecule has 0 aliphatic carbocycles. The van der Waals surface area contributed by atoms with Gasteiger partial charge in [-0.15, -0.1) is 0 Å². The summed E-state index contributed by atoms with van der Waals surface area (Å²) >= 11 is 0. The van der Waals surface area contributed by atoms with Crippen molar-refractivity contribution in [3.05, 3.63) is 60.2 Å². The van der Waals surface area contributed by atoms with Crippen LogP contribution in [-0.2, 0) is 13.1 Å². The number of rotatable bonds is 4. The van der Waals surface area contributed by atoms with Crippen LogP contribution >= 0.6 is 0 Å². The number of H-pyrrole nitrogens is 1. The Hall–Kier alpha value is -1.78. The Morgan fingerprint density at radius 1 is 0.950 bits per heavy atom. The van der Waals surface area contributed by atoms with E-state index in [1.807, 2.05) is 30.7 Å². The SMILES string of the molecule is c1ccc(C[NH+]2CC[NH+](Cc3cccnc3)CC2)[nH+]c1. The molecule has 0 bridgehead atoms. The molecule has 3 heterocycles. The lowest BCUT2D eigenvalue weighted by molar-refractivity contribution is -1.03. The fourth-order valence-corrected chi connectivity index (χ4v) is 2.91. The maximum Gasteiger partial charge on any atom is 0.234 e. The van der Waals surface area contributed by atoms with E-state index in [-0.39, 0.29) is 0 Å². The molecular formula is C16H23N4+3. The first-order valence-corrected chi connectivity index (χ1v) is 7.42. The maximum atomic E-state index is 4.20. The minimum atomic E-state index is 1.11. The lowest BCUT2D eigenvalue weighted by Crippen LogP contribution is -3.27. The summed E-state index contributed by atoms with van der Waals surface area (Å²) in [6.45, 7) is 7.21. The van der Waals surface area contributed by atoms with Crippen molar-refractivity contribution in [2.24, 2.45) is 0 Å². The number of piperazine rings is 1. The molecule has 4 heteroatoms. The van der Waals surface area contributed by atoms with Crippen molar-refractivity contribution < 1.29 is 14.8 Å². The number of pyridine rings is 2. The van der Waals surface area contributed by atoms with Crippen molar-refractivity contribution in [3.8, 4) is 0 Å². The smallest absolute Gasteiger partial charge is 0.234 e. The van der Waals surface area contributed by atoms with Crippen LogP contribution in [0.15, 0.2) is 48.9 Å². The highest BCUT2D eigenvalue weighted by molar-refractivity contribution is 5.06. The van der Waals surface area contributed by atoms with E-state index in [4.69, 9.17) is 0 Å². The Bertz CT molecular complexity index is 457. The second-order valence-corrected chi connectivity index (χ2v) is 5.60. The molecule has 1 aliphatic rings. The van der Waals surface area contributed by atoms with Gasteiger partial charge in [0.05, 0.1) is 0 Å². The second kappa shape index (κ2) is 6.59. The summed E-state index contributed by atoms with van der Waals surface area (Å²) in [5.74, 6) is 0. The van der Waals surface area contributed by atoms with E-state index in [1.54, 1.807) is 9.80 Å². The number of hydrogen-bond donors (Lipinski definition) is 2. The van der Waals surface area contributed by atoms with Crippen LogP contribution in [0.1, 0.15) is 11.3 Å². The minimum Gasteiger partial charge on any atom is -0.322 e.